The van der Waals surface area contributed by atoms with E-state index in [0.29, 0.717) is 6.42 Å². The molecule has 0 fully saturated rings. The average molecular weight is 178 g/mol. The van der Waals surface area contributed by atoms with E-state index in [2.05, 4.69) is 0 Å². The molecule has 70 valence electrons. The van der Waals surface area contributed by atoms with E-state index in [1.54, 1.807) is 0 Å². The lowest BCUT2D eigenvalue weighted by molar-refractivity contribution is -0.116. The first-order valence-corrected chi connectivity index (χ1v) is 4.78. The van der Waals surface area contributed by atoms with Gasteiger partial charge in [0.25, 0.3) is 0 Å². The van der Waals surface area contributed by atoms with Crippen LogP contribution in [0.4, 0.5) is 0 Å². The second-order valence-corrected chi connectivity index (χ2v) is 3.79. The van der Waals surface area contributed by atoms with Crippen LogP contribution in [-0.4, -0.2) is 5.78 Å². The van der Waals surface area contributed by atoms with Gasteiger partial charge in [0, 0.05) is 24.8 Å². The van der Waals surface area contributed by atoms with Gasteiger partial charge in [0.1, 0.15) is 5.76 Å². The van der Waals surface area contributed by atoms with Crippen molar-refractivity contribution in [3.05, 3.63) is 22.7 Å². The molecule has 0 atom stereocenters. The maximum atomic E-state index is 11.5. The van der Waals surface area contributed by atoms with Crippen molar-refractivity contribution in [2.45, 2.75) is 39.5 Å². The van der Waals surface area contributed by atoms with Gasteiger partial charge >= 0.3 is 0 Å². The molecule has 0 amide bonds. The van der Waals surface area contributed by atoms with Gasteiger partial charge in [-0.3, -0.25) is 4.79 Å². The highest BCUT2D eigenvalue weighted by Gasteiger charge is 2.25. The van der Waals surface area contributed by atoms with Crippen LogP contribution >= 0.6 is 0 Å². The Morgan fingerprint density at radius 2 is 2.00 bits per heavy atom. The predicted molar refractivity (Wildman–Crippen MR) is 50.0 cm³/mol. The van der Waals surface area contributed by atoms with Crippen LogP contribution in [0, 0.1) is 0 Å². The van der Waals surface area contributed by atoms with Crippen LogP contribution in [0.5, 0.6) is 0 Å². The first-order chi connectivity index (χ1) is 6.18. The summed E-state index contributed by atoms with van der Waals surface area (Å²) in [6.45, 7) is 4.00. The Balaban J connectivity index is 2.30. The number of carbonyl (C=O) groups is 1. The maximum Gasteiger partial charge on any atom is 0.162 e. The second kappa shape index (κ2) is 3.02. The smallest absolute Gasteiger partial charge is 0.162 e. The van der Waals surface area contributed by atoms with Crippen molar-refractivity contribution in [2.24, 2.45) is 0 Å². The second-order valence-electron chi connectivity index (χ2n) is 3.79. The molecule has 0 spiro atoms. The number of Topliss-reactive ketones (excluding diaryl/α,β-unsaturated/α-hetero) is 1. The zero-order chi connectivity index (χ0) is 9.42. The summed E-state index contributed by atoms with van der Waals surface area (Å²) >= 11 is 0. The van der Waals surface area contributed by atoms with Crippen molar-refractivity contribution in [3.8, 4) is 0 Å². The van der Waals surface area contributed by atoms with Crippen LogP contribution in [0.3, 0.4) is 0 Å². The molecule has 0 aromatic heterocycles. The van der Waals surface area contributed by atoms with E-state index in [1.165, 1.54) is 5.57 Å². The molecule has 2 heteroatoms. The molecule has 1 heterocycles. The van der Waals surface area contributed by atoms with E-state index in [9.17, 15) is 4.79 Å². The predicted octanol–water partition coefficient (Wildman–Crippen LogP) is 2.71. The SMILES string of the molecule is CC1=C(C)OC2=C(C1)C(=O)CCC2. The Kier molecular flexibility index (Phi) is 1.98. The number of hydrogen-bond donors (Lipinski definition) is 0. The first-order valence-electron chi connectivity index (χ1n) is 4.78. The van der Waals surface area contributed by atoms with Crippen LogP contribution < -0.4 is 0 Å². The third-order valence-electron chi connectivity index (χ3n) is 2.80. The summed E-state index contributed by atoms with van der Waals surface area (Å²) in [5.41, 5.74) is 2.11. The molecule has 0 aromatic carbocycles. The fourth-order valence-electron chi connectivity index (χ4n) is 1.84. The lowest BCUT2D eigenvalue weighted by Gasteiger charge is -2.25. The van der Waals surface area contributed by atoms with Crippen molar-refractivity contribution in [1.82, 2.24) is 0 Å². The summed E-state index contributed by atoms with van der Waals surface area (Å²) in [6, 6.07) is 0. The highest BCUT2D eigenvalue weighted by Crippen LogP contribution is 2.34. The summed E-state index contributed by atoms with van der Waals surface area (Å²) in [7, 11) is 0. The number of rotatable bonds is 0. The quantitative estimate of drug-likeness (QED) is 0.570. The molecule has 0 N–H and O–H groups in total. The molecule has 0 aromatic rings. The molecule has 0 saturated carbocycles. The molecule has 2 nitrogen and oxygen atoms in total. The van der Waals surface area contributed by atoms with Crippen molar-refractivity contribution >= 4 is 5.78 Å². The first kappa shape index (κ1) is 8.54. The highest BCUT2D eigenvalue weighted by molar-refractivity contribution is 5.97. The Hall–Kier alpha value is -1.05. The molecule has 2 rings (SSSR count). The number of ketones is 1. The molecule has 1 aliphatic carbocycles. The maximum absolute atomic E-state index is 11.5. The lowest BCUT2D eigenvalue weighted by Crippen LogP contribution is -2.17. The molecular formula is C11H14O2. The van der Waals surface area contributed by atoms with Crippen molar-refractivity contribution in [1.29, 1.82) is 0 Å². The molecule has 1 aliphatic heterocycles. The fraction of sp³-hybridized carbons (Fsp3) is 0.545. The molecule has 0 unspecified atom stereocenters. The minimum absolute atomic E-state index is 0.285. The van der Waals surface area contributed by atoms with Crippen molar-refractivity contribution in [3.63, 3.8) is 0 Å². The van der Waals surface area contributed by atoms with E-state index < -0.39 is 0 Å². The van der Waals surface area contributed by atoms with Crippen LogP contribution in [0.25, 0.3) is 0 Å². The molecule has 13 heavy (non-hydrogen) atoms. The third kappa shape index (κ3) is 1.41. The zero-order valence-corrected chi connectivity index (χ0v) is 8.14. The Morgan fingerprint density at radius 3 is 2.77 bits per heavy atom. The van der Waals surface area contributed by atoms with Gasteiger partial charge in [0.2, 0.25) is 0 Å². The fourth-order valence-corrected chi connectivity index (χ4v) is 1.84. The standard InChI is InChI=1S/C11H14O2/c1-7-6-9-10(12)4-3-5-11(9)13-8(7)2/h3-6H2,1-2H3. The lowest BCUT2D eigenvalue weighted by atomic mass is 9.90. The highest BCUT2D eigenvalue weighted by atomic mass is 16.5. The topological polar surface area (TPSA) is 26.3 Å². The van der Waals surface area contributed by atoms with Crippen LogP contribution in [0.2, 0.25) is 0 Å². The van der Waals surface area contributed by atoms with Crippen molar-refractivity contribution in [2.75, 3.05) is 0 Å². The van der Waals surface area contributed by atoms with Gasteiger partial charge in [-0.15, -0.1) is 0 Å². The van der Waals surface area contributed by atoms with E-state index in [-0.39, 0.29) is 5.78 Å². The van der Waals surface area contributed by atoms with Gasteiger partial charge < -0.3 is 4.74 Å². The number of ether oxygens (including phenoxy) is 1. The third-order valence-corrected chi connectivity index (χ3v) is 2.80. The summed E-state index contributed by atoms with van der Waals surface area (Å²) < 4.78 is 5.61. The van der Waals surface area contributed by atoms with E-state index in [1.807, 2.05) is 13.8 Å². The molecule has 0 bridgehead atoms. The van der Waals surface area contributed by atoms with Gasteiger partial charge in [-0.05, 0) is 25.8 Å². The minimum atomic E-state index is 0.285. The van der Waals surface area contributed by atoms with Crippen molar-refractivity contribution < 1.29 is 9.53 Å². The molecule has 0 radical (unpaired) electrons. The summed E-state index contributed by atoms with van der Waals surface area (Å²) in [4.78, 5) is 11.5. The Labute approximate surface area is 78.3 Å². The van der Waals surface area contributed by atoms with Crippen LogP contribution in [-0.2, 0) is 9.53 Å². The molecular weight excluding hydrogens is 164 g/mol. The average Bonchev–Trinajstić information content (AvgIpc) is 2.09. The van der Waals surface area contributed by atoms with E-state index >= 15 is 0 Å². The van der Waals surface area contributed by atoms with E-state index in [4.69, 9.17) is 4.74 Å². The van der Waals surface area contributed by atoms with Gasteiger partial charge in [-0.25, -0.2) is 0 Å². The molecule has 2 aliphatic rings. The summed E-state index contributed by atoms with van der Waals surface area (Å²) in [5.74, 6) is 2.20. The normalized spacial score (nSPS) is 23.1. The summed E-state index contributed by atoms with van der Waals surface area (Å²) in [6.07, 6.45) is 3.39. The van der Waals surface area contributed by atoms with E-state index in [0.717, 1.165) is 36.4 Å². The number of carbonyl (C=O) groups excluding carboxylic acids is 1. The van der Waals surface area contributed by atoms with Gasteiger partial charge in [0.15, 0.2) is 5.78 Å². The Bertz CT molecular complexity index is 321. The molecule has 0 saturated heterocycles. The number of allylic oxidation sites excluding steroid dienone is 4. The monoisotopic (exact) mass is 178 g/mol. The summed E-state index contributed by atoms with van der Waals surface area (Å²) in [5, 5.41) is 0. The Morgan fingerprint density at radius 1 is 1.23 bits per heavy atom. The number of hydrogen-bond acceptors (Lipinski definition) is 2. The largest absolute Gasteiger partial charge is 0.466 e. The van der Waals surface area contributed by atoms with Gasteiger partial charge in [-0.1, -0.05) is 0 Å². The van der Waals surface area contributed by atoms with Crippen LogP contribution in [0.1, 0.15) is 39.5 Å². The van der Waals surface area contributed by atoms with Gasteiger partial charge in [-0.2, -0.15) is 0 Å². The van der Waals surface area contributed by atoms with Gasteiger partial charge in [0.05, 0.1) is 5.76 Å². The minimum Gasteiger partial charge on any atom is -0.466 e. The zero-order valence-electron chi connectivity index (χ0n) is 8.14. The van der Waals surface area contributed by atoms with Crippen LogP contribution in [0.15, 0.2) is 22.7 Å².